The molecule has 0 bridgehead atoms. The van der Waals surface area contributed by atoms with E-state index in [9.17, 15) is 17.6 Å². The number of ether oxygens (including phenoxy) is 1. The summed E-state index contributed by atoms with van der Waals surface area (Å²) in [4.78, 5) is 0. The maximum absolute atomic E-state index is 13.5. The number of rotatable bonds is 4. The van der Waals surface area contributed by atoms with Gasteiger partial charge < -0.3 is 4.74 Å². The molecule has 3 nitrogen and oxygen atoms in total. The van der Waals surface area contributed by atoms with Crippen molar-refractivity contribution in [1.29, 1.82) is 0 Å². The lowest BCUT2D eigenvalue weighted by Crippen LogP contribution is -2.18. The SMILES string of the molecule is Cc1ccc(/C=N/N=C\c2ccc(OC(F)(F)F)c(F)c2)cc1. The van der Waals surface area contributed by atoms with Gasteiger partial charge in [0, 0.05) is 0 Å². The Morgan fingerprint density at radius 3 is 2.04 bits per heavy atom. The van der Waals surface area contributed by atoms with Crippen LogP contribution in [0.2, 0.25) is 0 Å². The topological polar surface area (TPSA) is 34.0 Å². The Kier molecular flexibility index (Phi) is 5.10. The molecule has 2 aromatic rings. The van der Waals surface area contributed by atoms with Crippen molar-refractivity contribution in [3.05, 3.63) is 65.0 Å². The van der Waals surface area contributed by atoms with Crippen molar-refractivity contribution in [1.82, 2.24) is 0 Å². The Hall–Kier alpha value is -2.70. The first-order valence-electron chi connectivity index (χ1n) is 6.52. The normalized spacial score (nSPS) is 12.2. The molecular formula is C16H12F4N2O. The van der Waals surface area contributed by atoms with Crippen LogP contribution in [-0.4, -0.2) is 18.8 Å². The Labute approximate surface area is 129 Å². The van der Waals surface area contributed by atoms with E-state index in [4.69, 9.17) is 0 Å². The molecule has 0 aliphatic carbocycles. The van der Waals surface area contributed by atoms with Crippen LogP contribution < -0.4 is 4.74 Å². The second kappa shape index (κ2) is 7.04. The van der Waals surface area contributed by atoms with Gasteiger partial charge in [0.2, 0.25) is 0 Å². The second-order valence-electron chi connectivity index (χ2n) is 4.64. The summed E-state index contributed by atoms with van der Waals surface area (Å²) >= 11 is 0. The van der Waals surface area contributed by atoms with Gasteiger partial charge in [-0.2, -0.15) is 10.2 Å². The van der Waals surface area contributed by atoms with Gasteiger partial charge in [-0.3, -0.25) is 0 Å². The molecule has 0 radical (unpaired) electrons. The average molecular weight is 324 g/mol. The van der Waals surface area contributed by atoms with Gasteiger partial charge in [-0.15, -0.1) is 13.2 Å². The van der Waals surface area contributed by atoms with Gasteiger partial charge in [-0.25, -0.2) is 4.39 Å². The van der Waals surface area contributed by atoms with Crippen LogP contribution >= 0.6 is 0 Å². The van der Waals surface area contributed by atoms with E-state index in [1.54, 1.807) is 0 Å². The minimum absolute atomic E-state index is 0.262. The number of aryl methyl sites for hydroxylation is 1. The van der Waals surface area contributed by atoms with Crippen LogP contribution in [0.4, 0.5) is 17.6 Å². The highest BCUT2D eigenvalue weighted by molar-refractivity contribution is 5.82. The molecule has 0 amide bonds. The van der Waals surface area contributed by atoms with Crippen LogP contribution in [0.15, 0.2) is 52.7 Å². The first kappa shape index (κ1) is 16.7. The number of hydrogen-bond donors (Lipinski definition) is 0. The minimum Gasteiger partial charge on any atom is -0.403 e. The third kappa shape index (κ3) is 5.54. The van der Waals surface area contributed by atoms with Crippen LogP contribution in [0.1, 0.15) is 16.7 Å². The molecule has 0 aliphatic rings. The van der Waals surface area contributed by atoms with Gasteiger partial charge in [-0.1, -0.05) is 29.8 Å². The second-order valence-corrected chi connectivity index (χ2v) is 4.64. The lowest BCUT2D eigenvalue weighted by molar-refractivity contribution is -0.275. The predicted molar refractivity (Wildman–Crippen MR) is 79.5 cm³/mol. The quantitative estimate of drug-likeness (QED) is 0.464. The highest BCUT2D eigenvalue weighted by atomic mass is 19.4. The zero-order valence-electron chi connectivity index (χ0n) is 12.0. The predicted octanol–water partition coefficient (Wildman–Crippen LogP) is 4.49. The molecule has 0 heterocycles. The Bertz CT molecular complexity index is 722. The summed E-state index contributed by atoms with van der Waals surface area (Å²) < 4.78 is 53.1. The molecule has 0 N–H and O–H groups in total. The molecule has 0 saturated carbocycles. The summed E-state index contributed by atoms with van der Waals surface area (Å²) in [5, 5.41) is 7.51. The van der Waals surface area contributed by atoms with Crippen molar-refractivity contribution in [2.45, 2.75) is 13.3 Å². The molecule has 2 rings (SSSR count). The first-order chi connectivity index (χ1) is 10.8. The lowest BCUT2D eigenvalue weighted by Gasteiger charge is -2.09. The van der Waals surface area contributed by atoms with E-state index < -0.39 is 17.9 Å². The highest BCUT2D eigenvalue weighted by Gasteiger charge is 2.32. The van der Waals surface area contributed by atoms with E-state index in [-0.39, 0.29) is 5.56 Å². The van der Waals surface area contributed by atoms with E-state index in [0.717, 1.165) is 23.3 Å². The smallest absolute Gasteiger partial charge is 0.403 e. The molecule has 7 heteroatoms. The van der Waals surface area contributed by atoms with Gasteiger partial charge in [0.15, 0.2) is 11.6 Å². The fourth-order valence-corrected chi connectivity index (χ4v) is 1.66. The third-order valence-electron chi connectivity index (χ3n) is 2.74. The molecule has 0 atom stereocenters. The zero-order chi connectivity index (χ0) is 16.9. The summed E-state index contributed by atoms with van der Waals surface area (Å²) in [7, 11) is 0. The monoisotopic (exact) mass is 324 g/mol. The third-order valence-corrected chi connectivity index (χ3v) is 2.74. The van der Waals surface area contributed by atoms with Crippen molar-refractivity contribution < 1.29 is 22.3 Å². The summed E-state index contributed by atoms with van der Waals surface area (Å²) in [6, 6.07) is 10.6. The van der Waals surface area contributed by atoms with E-state index in [2.05, 4.69) is 14.9 Å². The summed E-state index contributed by atoms with van der Waals surface area (Å²) in [5.74, 6) is -2.02. The fourth-order valence-electron chi connectivity index (χ4n) is 1.66. The number of halogens is 4. The molecule has 0 aliphatic heterocycles. The van der Waals surface area contributed by atoms with Crippen molar-refractivity contribution in [2.24, 2.45) is 10.2 Å². The van der Waals surface area contributed by atoms with Gasteiger partial charge in [-0.05, 0) is 36.2 Å². The Morgan fingerprint density at radius 1 is 0.913 bits per heavy atom. The molecule has 2 aromatic carbocycles. The van der Waals surface area contributed by atoms with Gasteiger partial charge in [0.05, 0.1) is 12.4 Å². The first-order valence-corrected chi connectivity index (χ1v) is 6.52. The standard InChI is InChI=1S/C16H12F4N2O/c1-11-2-4-12(5-3-11)9-21-22-10-13-6-7-15(14(17)8-13)23-16(18,19)20/h2-10H,1H3/b21-9+,22-10-. The molecule has 0 fully saturated rings. The molecule has 120 valence electrons. The number of nitrogens with zero attached hydrogens (tertiary/aromatic N) is 2. The highest BCUT2D eigenvalue weighted by Crippen LogP contribution is 2.25. The number of alkyl halides is 3. The van der Waals surface area contributed by atoms with E-state index in [1.165, 1.54) is 18.5 Å². The van der Waals surface area contributed by atoms with Crippen LogP contribution in [0.5, 0.6) is 5.75 Å². The van der Waals surface area contributed by atoms with Gasteiger partial charge in [0.25, 0.3) is 0 Å². The fraction of sp³-hybridized carbons (Fsp3) is 0.125. The Balaban J connectivity index is 2.02. The van der Waals surface area contributed by atoms with Crippen LogP contribution in [0.3, 0.4) is 0 Å². The molecule has 23 heavy (non-hydrogen) atoms. The maximum Gasteiger partial charge on any atom is 0.573 e. The number of hydrogen-bond acceptors (Lipinski definition) is 3. The largest absolute Gasteiger partial charge is 0.573 e. The molecule has 0 aromatic heterocycles. The van der Waals surface area contributed by atoms with Gasteiger partial charge >= 0.3 is 6.36 Å². The van der Waals surface area contributed by atoms with Gasteiger partial charge in [0.1, 0.15) is 0 Å². The molecule has 0 saturated heterocycles. The van der Waals surface area contributed by atoms with Crippen molar-refractivity contribution in [2.75, 3.05) is 0 Å². The minimum atomic E-state index is -4.94. The van der Waals surface area contributed by atoms with Crippen molar-refractivity contribution in [3.63, 3.8) is 0 Å². The number of benzene rings is 2. The van der Waals surface area contributed by atoms with E-state index in [1.807, 2.05) is 31.2 Å². The van der Waals surface area contributed by atoms with Crippen LogP contribution in [0, 0.1) is 12.7 Å². The van der Waals surface area contributed by atoms with Crippen LogP contribution in [-0.2, 0) is 0 Å². The lowest BCUT2D eigenvalue weighted by atomic mass is 10.2. The van der Waals surface area contributed by atoms with Crippen molar-refractivity contribution in [3.8, 4) is 5.75 Å². The summed E-state index contributed by atoms with van der Waals surface area (Å²) in [5.41, 5.74) is 2.22. The Morgan fingerprint density at radius 2 is 1.48 bits per heavy atom. The summed E-state index contributed by atoms with van der Waals surface area (Å²) in [6.45, 7) is 1.96. The van der Waals surface area contributed by atoms with Crippen molar-refractivity contribution >= 4 is 12.4 Å². The molecular weight excluding hydrogens is 312 g/mol. The average Bonchev–Trinajstić information content (AvgIpc) is 2.47. The molecule has 0 unspecified atom stereocenters. The maximum atomic E-state index is 13.5. The molecule has 0 spiro atoms. The summed E-state index contributed by atoms with van der Waals surface area (Å²) in [6.07, 6.45) is -2.20. The van der Waals surface area contributed by atoms with Crippen LogP contribution in [0.25, 0.3) is 0 Å². The van der Waals surface area contributed by atoms with E-state index >= 15 is 0 Å². The zero-order valence-corrected chi connectivity index (χ0v) is 12.0. The van der Waals surface area contributed by atoms with E-state index in [0.29, 0.717) is 0 Å².